The van der Waals surface area contributed by atoms with E-state index in [1.807, 2.05) is 23.9 Å². The third kappa shape index (κ3) is 3.65. The molecule has 0 saturated heterocycles. The van der Waals surface area contributed by atoms with Gasteiger partial charge in [-0.25, -0.2) is 0 Å². The van der Waals surface area contributed by atoms with Gasteiger partial charge in [0.2, 0.25) is 0 Å². The molecule has 4 rings (SSSR count). The minimum atomic E-state index is 0.375. The molecule has 3 aromatic rings. The Labute approximate surface area is 157 Å². The van der Waals surface area contributed by atoms with Crippen LogP contribution < -0.4 is 0 Å². The van der Waals surface area contributed by atoms with E-state index in [-0.39, 0.29) is 0 Å². The standard InChI is InChI=1S/C22H18ClNS/c23-17-11-12-19-20(15-17)22(16-7-3-1-4-8-16)24-14-13-21(19)25-18-9-5-2-6-10-18/h1-12,15,21H,13-14H2. The molecule has 124 valence electrons. The molecular weight excluding hydrogens is 346 g/mol. The Morgan fingerprint density at radius 1 is 0.880 bits per heavy atom. The zero-order valence-corrected chi connectivity index (χ0v) is 15.3. The van der Waals surface area contributed by atoms with Gasteiger partial charge in [0.1, 0.15) is 0 Å². The third-order valence-corrected chi connectivity index (χ3v) is 5.90. The first-order valence-corrected chi connectivity index (χ1v) is 9.68. The van der Waals surface area contributed by atoms with Crippen molar-refractivity contribution in [3.8, 4) is 0 Å². The smallest absolute Gasteiger partial charge is 0.0722 e. The van der Waals surface area contributed by atoms with E-state index >= 15 is 0 Å². The number of hydrogen-bond acceptors (Lipinski definition) is 2. The Morgan fingerprint density at radius 3 is 2.36 bits per heavy atom. The fourth-order valence-corrected chi connectivity index (χ4v) is 4.55. The molecule has 0 spiro atoms. The first-order valence-electron chi connectivity index (χ1n) is 8.42. The molecule has 0 saturated carbocycles. The molecule has 0 radical (unpaired) electrons. The molecule has 25 heavy (non-hydrogen) atoms. The van der Waals surface area contributed by atoms with Crippen molar-refractivity contribution in [2.24, 2.45) is 4.99 Å². The quantitative estimate of drug-likeness (QED) is 0.523. The maximum Gasteiger partial charge on any atom is 0.0722 e. The average molecular weight is 364 g/mol. The number of aliphatic imine (C=N–C) groups is 1. The number of nitrogens with zero attached hydrogens (tertiary/aromatic N) is 1. The average Bonchev–Trinajstić information content (AvgIpc) is 2.82. The molecular formula is C22H18ClNS. The summed E-state index contributed by atoms with van der Waals surface area (Å²) in [6.07, 6.45) is 1.02. The van der Waals surface area contributed by atoms with E-state index < -0.39 is 0 Å². The van der Waals surface area contributed by atoms with E-state index in [9.17, 15) is 0 Å². The van der Waals surface area contributed by atoms with Crippen LogP contribution in [0, 0.1) is 0 Å². The molecule has 1 unspecified atom stereocenters. The van der Waals surface area contributed by atoms with Crippen molar-refractivity contribution in [3.63, 3.8) is 0 Å². The zero-order valence-electron chi connectivity index (χ0n) is 13.7. The first kappa shape index (κ1) is 16.4. The van der Waals surface area contributed by atoms with Gasteiger partial charge in [0.25, 0.3) is 0 Å². The molecule has 0 fully saturated rings. The first-order chi connectivity index (χ1) is 12.3. The molecule has 0 amide bonds. The van der Waals surface area contributed by atoms with Gasteiger partial charge in [0.15, 0.2) is 0 Å². The van der Waals surface area contributed by atoms with E-state index in [4.69, 9.17) is 16.6 Å². The molecule has 3 aromatic carbocycles. The minimum absolute atomic E-state index is 0.375. The highest BCUT2D eigenvalue weighted by Crippen LogP contribution is 2.41. The largest absolute Gasteiger partial charge is 0.284 e. The van der Waals surface area contributed by atoms with E-state index in [1.54, 1.807) is 0 Å². The van der Waals surface area contributed by atoms with Gasteiger partial charge in [0, 0.05) is 32.8 Å². The minimum Gasteiger partial charge on any atom is -0.284 e. The van der Waals surface area contributed by atoms with Gasteiger partial charge >= 0.3 is 0 Å². The Kier molecular flexibility index (Phi) is 4.91. The van der Waals surface area contributed by atoms with Crippen LogP contribution in [0.15, 0.2) is 88.8 Å². The maximum atomic E-state index is 6.33. The predicted octanol–water partition coefficient (Wildman–Crippen LogP) is 6.41. The summed E-state index contributed by atoms with van der Waals surface area (Å²) in [5, 5.41) is 1.13. The molecule has 0 N–H and O–H groups in total. The number of thioether (sulfide) groups is 1. The van der Waals surface area contributed by atoms with Crippen LogP contribution in [0.3, 0.4) is 0 Å². The SMILES string of the molecule is Clc1ccc2c(c1)C(c1ccccc1)=NCCC2Sc1ccccc1. The Hall–Kier alpha value is -2.03. The molecule has 0 aromatic heterocycles. The fraction of sp³-hybridized carbons (Fsp3) is 0.136. The summed E-state index contributed by atoms with van der Waals surface area (Å²) in [5.41, 5.74) is 4.67. The Balaban J connectivity index is 1.77. The molecule has 0 aliphatic carbocycles. The molecule has 1 aliphatic heterocycles. The maximum absolute atomic E-state index is 6.33. The van der Waals surface area contributed by atoms with E-state index in [1.165, 1.54) is 10.5 Å². The molecule has 1 nitrogen and oxygen atoms in total. The number of rotatable bonds is 3. The molecule has 3 heteroatoms. The van der Waals surface area contributed by atoms with Crippen LogP contribution in [0.2, 0.25) is 5.02 Å². The highest BCUT2D eigenvalue weighted by molar-refractivity contribution is 7.99. The van der Waals surface area contributed by atoms with Gasteiger partial charge in [0.05, 0.1) is 5.71 Å². The van der Waals surface area contributed by atoms with Crippen LogP contribution in [-0.2, 0) is 0 Å². The summed E-state index contributed by atoms with van der Waals surface area (Å²) in [6, 6.07) is 27.2. The number of fused-ring (bicyclic) bond motifs is 1. The van der Waals surface area contributed by atoms with Gasteiger partial charge in [-0.2, -0.15) is 0 Å². The Morgan fingerprint density at radius 2 is 1.60 bits per heavy atom. The monoisotopic (exact) mass is 363 g/mol. The molecule has 1 atom stereocenters. The summed E-state index contributed by atoms with van der Waals surface area (Å²) in [7, 11) is 0. The van der Waals surface area contributed by atoms with Gasteiger partial charge < -0.3 is 0 Å². The van der Waals surface area contributed by atoms with Gasteiger partial charge in [-0.3, -0.25) is 4.99 Å². The van der Waals surface area contributed by atoms with Crippen LogP contribution >= 0.6 is 23.4 Å². The summed E-state index contributed by atoms with van der Waals surface area (Å²) in [5.74, 6) is 0. The molecule has 0 bridgehead atoms. The Bertz CT molecular complexity index is 890. The van der Waals surface area contributed by atoms with Crippen molar-refractivity contribution in [2.75, 3.05) is 6.54 Å². The normalized spacial score (nSPS) is 16.7. The second-order valence-corrected chi connectivity index (χ2v) is 7.75. The van der Waals surface area contributed by atoms with Crippen LogP contribution in [0.25, 0.3) is 0 Å². The van der Waals surface area contributed by atoms with Gasteiger partial charge in [-0.1, -0.05) is 66.2 Å². The van der Waals surface area contributed by atoms with E-state index in [0.29, 0.717) is 5.25 Å². The summed E-state index contributed by atoms with van der Waals surface area (Å²) < 4.78 is 0. The highest BCUT2D eigenvalue weighted by Gasteiger charge is 2.23. The van der Waals surface area contributed by atoms with Crippen molar-refractivity contribution in [1.29, 1.82) is 0 Å². The lowest BCUT2D eigenvalue weighted by atomic mass is 9.96. The van der Waals surface area contributed by atoms with Crippen molar-refractivity contribution in [1.82, 2.24) is 0 Å². The van der Waals surface area contributed by atoms with Crippen LogP contribution in [0.5, 0.6) is 0 Å². The van der Waals surface area contributed by atoms with E-state index in [0.717, 1.165) is 34.8 Å². The second-order valence-electron chi connectivity index (χ2n) is 6.04. The lowest BCUT2D eigenvalue weighted by Crippen LogP contribution is -2.06. The topological polar surface area (TPSA) is 12.4 Å². The second kappa shape index (κ2) is 7.47. The molecule has 1 aliphatic rings. The summed E-state index contributed by atoms with van der Waals surface area (Å²) >= 11 is 8.24. The number of hydrogen-bond donors (Lipinski definition) is 0. The lowest BCUT2D eigenvalue weighted by Gasteiger charge is -2.18. The number of halogens is 1. The zero-order chi connectivity index (χ0) is 17.1. The highest BCUT2D eigenvalue weighted by atomic mass is 35.5. The van der Waals surface area contributed by atoms with Gasteiger partial charge in [-0.15, -0.1) is 11.8 Å². The summed E-state index contributed by atoms with van der Waals surface area (Å²) in [6.45, 7) is 0.820. The van der Waals surface area contributed by atoms with Crippen molar-refractivity contribution >= 4 is 29.1 Å². The lowest BCUT2D eigenvalue weighted by molar-refractivity contribution is 0.826. The van der Waals surface area contributed by atoms with Crippen molar-refractivity contribution in [3.05, 3.63) is 101 Å². The molecule has 1 heterocycles. The van der Waals surface area contributed by atoms with Gasteiger partial charge in [-0.05, 0) is 36.2 Å². The fourth-order valence-electron chi connectivity index (χ4n) is 3.18. The predicted molar refractivity (Wildman–Crippen MR) is 108 cm³/mol. The number of benzene rings is 3. The van der Waals surface area contributed by atoms with E-state index in [2.05, 4.69) is 66.7 Å². The van der Waals surface area contributed by atoms with Crippen molar-refractivity contribution < 1.29 is 0 Å². The van der Waals surface area contributed by atoms with Crippen LogP contribution in [0.4, 0.5) is 0 Å². The van der Waals surface area contributed by atoms with Crippen LogP contribution in [-0.4, -0.2) is 12.3 Å². The third-order valence-electron chi connectivity index (χ3n) is 4.35. The summed E-state index contributed by atoms with van der Waals surface area (Å²) in [4.78, 5) is 6.20. The van der Waals surface area contributed by atoms with Crippen molar-refractivity contribution in [2.45, 2.75) is 16.6 Å². The van der Waals surface area contributed by atoms with Crippen LogP contribution in [0.1, 0.15) is 28.4 Å².